The molecule has 11 heteroatoms. The van der Waals surface area contributed by atoms with Crippen molar-refractivity contribution >= 4 is 33.6 Å². The van der Waals surface area contributed by atoms with Gasteiger partial charge < -0.3 is 15.4 Å². The van der Waals surface area contributed by atoms with Crippen LogP contribution in [0.4, 0.5) is 10.5 Å². The second-order valence-electron chi connectivity index (χ2n) is 9.34. The van der Waals surface area contributed by atoms with E-state index in [0.29, 0.717) is 24.5 Å². The van der Waals surface area contributed by atoms with Crippen LogP contribution in [0.3, 0.4) is 0 Å². The zero-order valence-corrected chi connectivity index (χ0v) is 21.9. The van der Waals surface area contributed by atoms with E-state index in [-0.39, 0.29) is 24.4 Å². The van der Waals surface area contributed by atoms with Crippen LogP contribution < -0.4 is 10.6 Å². The molecule has 10 nitrogen and oxygen atoms in total. The molecular formula is C28H28N4O6S. The zero-order chi connectivity index (χ0) is 27.5. The summed E-state index contributed by atoms with van der Waals surface area (Å²) < 4.78 is 32.2. The zero-order valence-electron chi connectivity index (χ0n) is 21.1. The minimum absolute atomic E-state index is 0.102. The van der Waals surface area contributed by atoms with E-state index >= 15 is 0 Å². The predicted octanol–water partition coefficient (Wildman–Crippen LogP) is 2.34. The molecule has 1 atom stereocenters. The number of carbonyl (C=O) groups excluding carboxylic acids is 3. The van der Waals surface area contributed by atoms with Gasteiger partial charge in [0.05, 0.1) is 18.1 Å². The lowest BCUT2D eigenvalue weighted by Crippen LogP contribution is -2.46. The molecule has 2 heterocycles. The van der Waals surface area contributed by atoms with Crippen molar-refractivity contribution < 1.29 is 27.5 Å². The van der Waals surface area contributed by atoms with Gasteiger partial charge in [-0.05, 0) is 35.4 Å². The fraction of sp³-hybridized carbons (Fsp3) is 0.250. The Kier molecular flexibility index (Phi) is 7.47. The van der Waals surface area contributed by atoms with Crippen molar-refractivity contribution in [2.75, 3.05) is 38.2 Å². The Balaban J connectivity index is 1.30. The van der Waals surface area contributed by atoms with Gasteiger partial charge in [-0.2, -0.15) is 4.31 Å². The minimum atomic E-state index is -3.67. The first-order valence-electron chi connectivity index (χ1n) is 12.5. The highest BCUT2D eigenvalue weighted by atomic mass is 32.2. The molecule has 0 saturated carbocycles. The largest absolute Gasteiger partial charge is 0.379 e. The molecule has 0 unspecified atom stereocenters. The van der Waals surface area contributed by atoms with Crippen LogP contribution in [0.15, 0.2) is 89.8 Å². The molecule has 5 rings (SSSR count). The molecule has 2 aliphatic heterocycles. The summed E-state index contributed by atoms with van der Waals surface area (Å²) >= 11 is 0. The number of morpholine rings is 1. The number of hydrogen-bond donors (Lipinski definition) is 2. The van der Waals surface area contributed by atoms with Gasteiger partial charge in [0, 0.05) is 25.2 Å². The molecule has 2 aliphatic rings. The number of amides is 4. The molecule has 0 spiro atoms. The van der Waals surface area contributed by atoms with Crippen LogP contribution in [0.5, 0.6) is 0 Å². The Bertz CT molecular complexity index is 1460. The lowest BCUT2D eigenvalue weighted by atomic mass is 9.83. The third-order valence-electron chi connectivity index (χ3n) is 6.80. The number of hydrogen-bond acceptors (Lipinski definition) is 6. The van der Waals surface area contributed by atoms with Crippen LogP contribution in [0.2, 0.25) is 0 Å². The first-order valence-corrected chi connectivity index (χ1v) is 13.9. The maximum Gasteiger partial charge on any atom is 0.325 e. The Morgan fingerprint density at radius 1 is 0.897 bits per heavy atom. The maximum absolute atomic E-state index is 13.7. The molecule has 3 aromatic rings. The van der Waals surface area contributed by atoms with Crippen molar-refractivity contribution in [2.24, 2.45) is 0 Å². The van der Waals surface area contributed by atoms with Gasteiger partial charge in [0.2, 0.25) is 15.9 Å². The lowest BCUT2D eigenvalue weighted by Gasteiger charge is -2.27. The molecule has 0 radical (unpaired) electrons. The van der Waals surface area contributed by atoms with Gasteiger partial charge in [0.25, 0.3) is 5.91 Å². The van der Waals surface area contributed by atoms with Crippen molar-refractivity contribution in [3.05, 3.63) is 96.1 Å². The van der Waals surface area contributed by atoms with Crippen molar-refractivity contribution in [1.29, 1.82) is 0 Å². The van der Waals surface area contributed by atoms with E-state index in [9.17, 15) is 22.8 Å². The normalized spacial score (nSPS) is 20.1. The number of ether oxygens (including phenoxy) is 1. The smallest absolute Gasteiger partial charge is 0.325 e. The van der Waals surface area contributed by atoms with Gasteiger partial charge in [-0.1, -0.05) is 60.7 Å². The topological polar surface area (TPSA) is 125 Å². The second-order valence-corrected chi connectivity index (χ2v) is 11.3. The average Bonchev–Trinajstić information content (AvgIpc) is 3.19. The van der Waals surface area contributed by atoms with Crippen LogP contribution in [0.25, 0.3) is 0 Å². The fourth-order valence-electron chi connectivity index (χ4n) is 4.80. The molecule has 2 saturated heterocycles. The van der Waals surface area contributed by atoms with Crippen molar-refractivity contribution in [2.45, 2.75) is 16.9 Å². The standard InChI is InChI=1S/C28H28N4O6S/c33-25(29-23-11-13-24(14-12-23)39(36,37)31-15-17-38-18-16-31)20-32-26(34)28(30-27(32)35,22-9-5-2-6-10-22)19-21-7-3-1-4-8-21/h1-14H,15-20H2,(H,29,33)(H,30,35)/t28-/m0/s1. The van der Waals surface area contributed by atoms with Gasteiger partial charge in [-0.3, -0.25) is 14.5 Å². The van der Waals surface area contributed by atoms with Gasteiger partial charge >= 0.3 is 6.03 Å². The minimum Gasteiger partial charge on any atom is -0.379 e. The van der Waals surface area contributed by atoms with Crippen molar-refractivity contribution in [3.63, 3.8) is 0 Å². The van der Waals surface area contributed by atoms with Crippen molar-refractivity contribution in [1.82, 2.24) is 14.5 Å². The van der Waals surface area contributed by atoms with E-state index in [4.69, 9.17) is 4.74 Å². The van der Waals surface area contributed by atoms with E-state index in [1.54, 1.807) is 24.3 Å². The number of carbonyl (C=O) groups is 3. The molecule has 0 aliphatic carbocycles. The van der Waals surface area contributed by atoms with Gasteiger partial charge in [0.15, 0.2) is 5.54 Å². The first-order chi connectivity index (χ1) is 18.8. The Morgan fingerprint density at radius 3 is 2.15 bits per heavy atom. The SMILES string of the molecule is O=C(CN1C(=O)N[C@@](Cc2ccccc2)(c2ccccc2)C1=O)Nc1ccc(S(=O)(=O)N2CCOCC2)cc1. The highest BCUT2D eigenvalue weighted by Crippen LogP contribution is 2.33. The van der Waals surface area contributed by atoms with Crippen LogP contribution in [0, 0.1) is 0 Å². The van der Waals surface area contributed by atoms with E-state index in [1.165, 1.54) is 28.6 Å². The van der Waals surface area contributed by atoms with Gasteiger partial charge in [-0.25, -0.2) is 13.2 Å². The van der Waals surface area contributed by atoms with Crippen LogP contribution in [0.1, 0.15) is 11.1 Å². The van der Waals surface area contributed by atoms with E-state index < -0.39 is 40.0 Å². The molecule has 2 N–H and O–H groups in total. The number of benzene rings is 3. The monoisotopic (exact) mass is 548 g/mol. The Labute approximate surface area is 226 Å². The molecule has 39 heavy (non-hydrogen) atoms. The molecule has 3 aromatic carbocycles. The highest BCUT2D eigenvalue weighted by Gasteiger charge is 2.52. The van der Waals surface area contributed by atoms with Crippen LogP contribution in [-0.2, 0) is 36.3 Å². The number of urea groups is 1. The number of anilines is 1. The van der Waals surface area contributed by atoms with Crippen molar-refractivity contribution in [3.8, 4) is 0 Å². The molecular weight excluding hydrogens is 520 g/mol. The average molecular weight is 549 g/mol. The third kappa shape index (κ3) is 5.42. The predicted molar refractivity (Wildman–Crippen MR) is 143 cm³/mol. The number of nitrogens with one attached hydrogen (secondary N) is 2. The summed E-state index contributed by atoms with van der Waals surface area (Å²) in [7, 11) is -3.67. The Morgan fingerprint density at radius 2 is 1.51 bits per heavy atom. The summed E-state index contributed by atoms with van der Waals surface area (Å²) in [6, 6.07) is 23.4. The van der Waals surface area contributed by atoms with E-state index in [0.717, 1.165) is 10.5 Å². The number of nitrogens with zero attached hydrogens (tertiary/aromatic N) is 2. The quantitative estimate of drug-likeness (QED) is 0.417. The summed E-state index contributed by atoms with van der Waals surface area (Å²) in [6.07, 6.45) is 0.222. The summed E-state index contributed by atoms with van der Waals surface area (Å²) in [5.41, 5.74) is 0.461. The fourth-order valence-corrected chi connectivity index (χ4v) is 6.21. The van der Waals surface area contributed by atoms with Crippen LogP contribution >= 0.6 is 0 Å². The van der Waals surface area contributed by atoms with Gasteiger partial charge in [0.1, 0.15) is 6.54 Å². The summed E-state index contributed by atoms with van der Waals surface area (Å²) in [5, 5.41) is 5.48. The van der Waals surface area contributed by atoms with E-state index in [1.807, 2.05) is 36.4 Å². The number of sulfonamides is 1. The van der Waals surface area contributed by atoms with Crippen LogP contribution in [-0.4, -0.2) is 68.3 Å². The molecule has 0 aromatic heterocycles. The van der Waals surface area contributed by atoms with E-state index in [2.05, 4.69) is 10.6 Å². The molecule has 0 bridgehead atoms. The number of imide groups is 1. The molecule has 202 valence electrons. The molecule has 2 fully saturated rings. The lowest BCUT2D eigenvalue weighted by molar-refractivity contribution is -0.134. The molecule has 4 amide bonds. The summed E-state index contributed by atoms with van der Waals surface area (Å²) in [5.74, 6) is -1.12. The second kappa shape index (κ2) is 11.0. The summed E-state index contributed by atoms with van der Waals surface area (Å²) in [4.78, 5) is 40.6. The third-order valence-corrected chi connectivity index (χ3v) is 8.71. The number of rotatable bonds is 8. The Hall–Kier alpha value is -4.06. The van der Waals surface area contributed by atoms with Gasteiger partial charge in [-0.15, -0.1) is 0 Å². The first kappa shape index (κ1) is 26.5. The maximum atomic E-state index is 13.7. The summed E-state index contributed by atoms with van der Waals surface area (Å²) in [6.45, 7) is 0.741. The highest BCUT2D eigenvalue weighted by molar-refractivity contribution is 7.89.